The number of nitrogens with zero attached hydrogens (tertiary/aromatic N) is 2. The SMILES string of the molecule is COCCN1C(=O)C(=O)C(=C(O)c2ccc(OCc3cccc(C)c3)cc2)[C@H]1c1ccc(N(C)C)cc1. The largest absolute Gasteiger partial charge is 0.507 e. The van der Waals surface area contributed by atoms with Gasteiger partial charge in [-0.15, -0.1) is 0 Å². The molecule has 7 nitrogen and oxygen atoms in total. The zero-order valence-electron chi connectivity index (χ0n) is 21.6. The highest BCUT2D eigenvalue weighted by Gasteiger charge is 2.45. The number of aliphatic hydroxyl groups excluding tert-OH is 1. The first-order valence-electron chi connectivity index (χ1n) is 12.1. The number of ether oxygens (including phenoxy) is 2. The molecular weight excluding hydrogens is 468 g/mol. The van der Waals surface area contributed by atoms with Gasteiger partial charge in [-0.1, -0.05) is 42.0 Å². The Morgan fingerprint density at radius 3 is 2.32 bits per heavy atom. The zero-order valence-corrected chi connectivity index (χ0v) is 21.6. The van der Waals surface area contributed by atoms with E-state index in [-0.39, 0.29) is 24.5 Å². The van der Waals surface area contributed by atoms with Crippen molar-refractivity contribution in [3.63, 3.8) is 0 Å². The van der Waals surface area contributed by atoms with E-state index < -0.39 is 17.7 Å². The minimum atomic E-state index is -0.719. The van der Waals surface area contributed by atoms with Crippen molar-refractivity contribution < 1.29 is 24.2 Å². The van der Waals surface area contributed by atoms with Gasteiger partial charge in [0.1, 0.15) is 18.1 Å². The number of Topliss-reactive ketones (excluding diaryl/α,β-unsaturated/α-hetero) is 1. The van der Waals surface area contributed by atoms with E-state index in [4.69, 9.17) is 9.47 Å². The molecule has 37 heavy (non-hydrogen) atoms. The summed E-state index contributed by atoms with van der Waals surface area (Å²) >= 11 is 0. The lowest BCUT2D eigenvalue weighted by atomic mass is 9.95. The van der Waals surface area contributed by atoms with Gasteiger partial charge in [0, 0.05) is 39.0 Å². The number of carbonyl (C=O) groups excluding carboxylic acids is 2. The van der Waals surface area contributed by atoms with Crippen LogP contribution in [0.25, 0.3) is 5.76 Å². The lowest BCUT2D eigenvalue weighted by Crippen LogP contribution is -2.32. The summed E-state index contributed by atoms with van der Waals surface area (Å²) < 4.78 is 11.1. The Labute approximate surface area is 217 Å². The first kappa shape index (κ1) is 26.0. The van der Waals surface area contributed by atoms with Crippen LogP contribution in [0.15, 0.2) is 78.4 Å². The maximum absolute atomic E-state index is 13.1. The number of benzene rings is 3. The Hall–Kier alpha value is -4.10. The normalized spacial score (nSPS) is 16.8. The Morgan fingerprint density at radius 2 is 1.70 bits per heavy atom. The van der Waals surface area contributed by atoms with E-state index in [0.29, 0.717) is 17.9 Å². The van der Waals surface area contributed by atoms with Gasteiger partial charge in [0.2, 0.25) is 0 Å². The van der Waals surface area contributed by atoms with E-state index in [0.717, 1.165) is 22.4 Å². The van der Waals surface area contributed by atoms with Crippen molar-refractivity contribution in [3.8, 4) is 5.75 Å². The molecule has 0 radical (unpaired) electrons. The number of likely N-dealkylation sites (tertiary alicyclic amines) is 1. The average molecular weight is 501 g/mol. The van der Waals surface area contributed by atoms with Crippen LogP contribution in [0.4, 0.5) is 5.69 Å². The van der Waals surface area contributed by atoms with E-state index in [2.05, 4.69) is 6.07 Å². The van der Waals surface area contributed by atoms with Crippen LogP contribution in [0, 0.1) is 6.92 Å². The van der Waals surface area contributed by atoms with Crippen LogP contribution >= 0.6 is 0 Å². The topological polar surface area (TPSA) is 79.3 Å². The third-order valence-electron chi connectivity index (χ3n) is 6.42. The van der Waals surface area contributed by atoms with Crippen molar-refractivity contribution in [2.75, 3.05) is 39.3 Å². The number of methoxy groups -OCH3 is 1. The maximum Gasteiger partial charge on any atom is 0.295 e. The van der Waals surface area contributed by atoms with Crippen molar-refractivity contribution in [2.24, 2.45) is 0 Å². The molecule has 3 aromatic rings. The molecule has 1 saturated heterocycles. The second-order valence-corrected chi connectivity index (χ2v) is 9.27. The van der Waals surface area contributed by atoms with Crippen LogP contribution in [0.1, 0.15) is 28.3 Å². The fourth-order valence-corrected chi connectivity index (χ4v) is 4.43. The van der Waals surface area contributed by atoms with Crippen LogP contribution in [-0.2, 0) is 20.9 Å². The van der Waals surface area contributed by atoms with Crippen molar-refractivity contribution >= 4 is 23.1 Å². The number of carbonyl (C=O) groups is 2. The minimum absolute atomic E-state index is 0.0622. The number of hydrogen-bond donors (Lipinski definition) is 1. The van der Waals surface area contributed by atoms with E-state index in [9.17, 15) is 14.7 Å². The summed E-state index contributed by atoms with van der Waals surface area (Å²) in [6.45, 7) is 2.94. The average Bonchev–Trinajstić information content (AvgIpc) is 3.15. The van der Waals surface area contributed by atoms with E-state index in [1.165, 1.54) is 4.90 Å². The summed E-state index contributed by atoms with van der Waals surface area (Å²) in [5, 5.41) is 11.3. The second-order valence-electron chi connectivity index (χ2n) is 9.27. The molecule has 1 N–H and O–H groups in total. The number of aliphatic hydroxyl groups is 1. The minimum Gasteiger partial charge on any atom is -0.507 e. The fourth-order valence-electron chi connectivity index (χ4n) is 4.43. The lowest BCUT2D eigenvalue weighted by molar-refractivity contribution is -0.140. The maximum atomic E-state index is 13.1. The third-order valence-corrected chi connectivity index (χ3v) is 6.42. The number of rotatable bonds is 9. The van der Waals surface area contributed by atoms with Gasteiger partial charge in [0.15, 0.2) is 0 Å². The predicted molar refractivity (Wildman–Crippen MR) is 144 cm³/mol. The van der Waals surface area contributed by atoms with Crippen molar-refractivity contribution in [2.45, 2.75) is 19.6 Å². The molecule has 0 aliphatic carbocycles. The lowest BCUT2D eigenvalue weighted by Gasteiger charge is -2.25. The first-order valence-corrected chi connectivity index (χ1v) is 12.1. The number of ketones is 1. The highest BCUT2D eigenvalue weighted by molar-refractivity contribution is 6.46. The third kappa shape index (κ3) is 5.67. The number of aryl methyl sites for hydroxylation is 1. The van der Waals surface area contributed by atoms with Crippen LogP contribution in [0.3, 0.4) is 0 Å². The molecule has 1 aliphatic rings. The molecule has 0 saturated carbocycles. The summed E-state index contributed by atoms with van der Waals surface area (Å²) in [5.74, 6) is -0.951. The van der Waals surface area contributed by atoms with Gasteiger partial charge in [-0.2, -0.15) is 0 Å². The summed E-state index contributed by atoms with van der Waals surface area (Å²) in [7, 11) is 5.42. The van der Waals surface area contributed by atoms with Gasteiger partial charge in [-0.3, -0.25) is 9.59 Å². The van der Waals surface area contributed by atoms with Gasteiger partial charge >= 0.3 is 0 Å². The molecule has 1 atom stereocenters. The Kier molecular flexibility index (Phi) is 7.94. The fraction of sp³-hybridized carbons (Fsp3) is 0.267. The quantitative estimate of drug-likeness (QED) is 0.261. The molecule has 1 heterocycles. The summed E-state index contributed by atoms with van der Waals surface area (Å²) in [6, 6.07) is 21.8. The van der Waals surface area contributed by atoms with Gasteiger partial charge in [-0.25, -0.2) is 0 Å². The molecule has 3 aromatic carbocycles. The molecule has 1 aliphatic heterocycles. The molecule has 192 valence electrons. The van der Waals surface area contributed by atoms with Crippen LogP contribution in [-0.4, -0.2) is 56.1 Å². The van der Waals surface area contributed by atoms with Gasteiger partial charge in [0.25, 0.3) is 11.7 Å². The second kappa shape index (κ2) is 11.3. The zero-order chi connectivity index (χ0) is 26.5. The van der Waals surface area contributed by atoms with Crippen molar-refractivity contribution in [1.29, 1.82) is 0 Å². The van der Waals surface area contributed by atoms with E-state index in [1.807, 2.05) is 68.4 Å². The van der Waals surface area contributed by atoms with Crippen LogP contribution in [0.2, 0.25) is 0 Å². The van der Waals surface area contributed by atoms with Crippen LogP contribution < -0.4 is 9.64 Å². The molecule has 1 amide bonds. The molecule has 0 unspecified atom stereocenters. The molecule has 1 fully saturated rings. The molecule has 7 heteroatoms. The highest BCUT2D eigenvalue weighted by Crippen LogP contribution is 2.39. The Balaban J connectivity index is 1.64. The van der Waals surface area contributed by atoms with Gasteiger partial charge < -0.3 is 24.4 Å². The first-order chi connectivity index (χ1) is 17.8. The predicted octanol–water partition coefficient (Wildman–Crippen LogP) is 4.71. The molecule has 0 bridgehead atoms. The standard InChI is InChI=1S/C30H32N2O5/c1-20-6-5-7-21(18-20)19-37-25-14-10-23(11-15-25)28(33)26-27(22-8-12-24(13-9-22)31(2)3)32(16-17-36-4)30(35)29(26)34/h5-15,18,27,33H,16-17,19H2,1-4H3/t27-/m1/s1. The summed E-state index contributed by atoms with van der Waals surface area (Å²) in [4.78, 5) is 29.5. The molecule has 4 rings (SSSR count). The van der Waals surface area contributed by atoms with E-state index in [1.54, 1.807) is 31.4 Å². The monoisotopic (exact) mass is 500 g/mol. The van der Waals surface area contributed by atoms with Crippen molar-refractivity contribution in [1.82, 2.24) is 4.90 Å². The molecular formula is C30H32N2O5. The Morgan fingerprint density at radius 1 is 1.00 bits per heavy atom. The highest BCUT2D eigenvalue weighted by atomic mass is 16.5. The number of hydrogen-bond acceptors (Lipinski definition) is 6. The van der Waals surface area contributed by atoms with Crippen LogP contribution in [0.5, 0.6) is 5.75 Å². The Bertz CT molecular complexity index is 1300. The van der Waals surface area contributed by atoms with E-state index >= 15 is 0 Å². The van der Waals surface area contributed by atoms with Crippen molar-refractivity contribution in [3.05, 3.63) is 101 Å². The molecule has 0 aromatic heterocycles. The number of anilines is 1. The number of amides is 1. The smallest absolute Gasteiger partial charge is 0.295 e. The summed E-state index contributed by atoms with van der Waals surface area (Å²) in [6.07, 6.45) is 0. The molecule has 0 spiro atoms. The summed E-state index contributed by atoms with van der Waals surface area (Å²) in [5.41, 5.74) is 4.44. The van der Waals surface area contributed by atoms with Gasteiger partial charge in [-0.05, 0) is 54.4 Å². The van der Waals surface area contributed by atoms with Gasteiger partial charge in [0.05, 0.1) is 18.2 Å².